The van der Waals surface area contributed by atoms with E-state index in [1.165, 1.54) is 30.2 Å². The van der Waals surface area contributed by atoms with Crippen LogP contribution in [0, 0.1) is 23.6 Å². The predicted octanol–water partition coefficient (Wildman–Crippen LogP) is 5.11. The molecule has 1 heterocycles. The molecule has 1 aromatic carbocycles. The Hall–Kier alpha value is -0.930. The number of fused-ring (bicyclic) bond motifs is 1. The zero-order chi connectivity index (χ0) is 14.3. The lowest BCUT2D eigenvalue weighted by Crippen LogP contribution is -2.28. The summed E-state index contributed by atoms with van der Waals surface area (Å²) in [4.78, 5) is 1.21. The summed E-state index contributed by atoms with van der Waals surface area (Å²) in [6, 6.07) is 7.23. The SMILES string of the molecule is CC1CCC(C(N)c2cc3ccc(F)cc3s2)CC1C. The summed E-state index contributed by atoms with van der Waals surface area (Å²) in [5, 5.41) is 1.11. The average Bonchev–Trinajstić information content (AvgIpc) is 2.84. The van der Waals surface area contributed by atoms with Crippen molar-refractivity contribution >= 4 is 21.4 Å². The summed E-state index contributed by atoms with van der Waals surface area (Å²) in [7, 11) is 0. The summed E-state index contributed by atoms with van der Waals surface area (Å²) in [5.41, 5.74) is 6.50. The van der Waals surface area contributed by atoms with E-state index in [0.29, 0.717) is 5.92 Å². The highest BCUT2D eigenvalue weighted by Crippen LogP contribution is 2.41. The molecule has 0 amide bonds. The molecule has 1 nitrogen and oxygen atoms in total. The summed E-state index contributed by atoms with van der Waals surface area (Å²) in [6.07, 6.45) is 3.71. The maximum absolute atomic E-state index is 13.3. The van der Waals surface area contributed by atoms with E-state index in [1.54, 1.807) is 17.4 Å². The molecule has 0 spiro atoms. The zero-order valence-electron chi connectivity index (χ0n) is 12.1. The molecule has 1 fully saturated rings. The molecule has 0 bridgehead atoms. The Morgan fingerprint density at radius 3 is 2.75 bits per heavy atom. The molecule has 2 aromatic rings. The first kappa shape index (κ1) is 14.0. The Bertz CT molecular complexity index is 606. The molecule has 0 aliphatic heterocycles. The third kappa shape index (κ3) is 2.61. The van der Waals surface area contributed by atoms with Gasteiger partial charge >= 0.3 is 0 Å². The van der Waals surface area contributed by atoms with Crippen LogP contribution < -0.4 is 5.73 Å². The van der Waals surface area contributed by atoms with Gasteiger partial charge in [0, 0.05) is 15.6 Å². The van der Waals surface area contributed by atoms with E-state index in [0.717, 1.165) is 21.9 Å². The first-order valence-corrected chi connectivity index (χ1v) is 8.31. The van der Waals surface area contributed by atoms with Crippen molar-refractivity contribution in [2.45, 2.75) is 39.2 Å². The van der Waals surface area contributed by atoms with Gasteiger partial charge in [0.15, 0.2) is 0 Å². The highest BCUT2D eigenvalue weighted by molar-refractivity contribution is 7.19. The lowest BCUT2D eigenvalue weighted by atomic mass is 9.73. The minimum absolute atomic E-state index is 0.102. The fourth-order valence-electron chi connectivity index (χ4n) is 3.34. The van der Waals surface area contributed by atoms with E-state index in [9.17, 15) is 4.39 Å². The van der Waals surface area contributed by atoms with Crippen LogP contribution in [0.5, 0.6) is 0 Å². The molecule has 4 unspecified atom stereocenters. The quantitative estimate of drug-likeness (QED) is 0.817. The number of nitrogens with two attached hydrogens (primary N) is 1. The van der Waals surface area contributed by atoms with Gasteiger partial charge < -0.3 is 5.73 Å². The molecule has 0 radical (unpaired) electrons. The maximum Gasteiger partial charge on any atom is 0.124 e. The largest absolute Gasteiger partial charge is 0.323 e. The second kappa shape index (κ2) is 5.45. The molecule has 20 heavy (non-hydrogen) atoms. The molecule has 108 valence electrons. The van der Waals surface area contributed by atoms with Crippen LogP contribution in [0.2, 0.25) is 0 Å². The van der Waals surface area contributed by atoms with Crippen molar-refractivity contribution in [2.24, 2.45) is 23.5 Å². The molecule has 3 rings (SSSR count). The molecule has 0 saturated heterocycles. The summed E-state index contributed by atoms with van der Waals surface area (Å²) >= 11 is 1.65. The van der Waals surface area contributed by atoms with Crippen molar-refractivity contribution in [3.05, 3.63) is 35.0 Å². The number of hydrogen-bond acceptors (Lipinski definition) is 2. The van der Waals surface area contributed by atoms with Crippen LogP contribution >= 0.6 is 11.3 Å². The third-order valence-corrected chi connectivity index (χ3v) is 6.18. The van der Waals surface area contributed by atoms with E-state index in [4.69, 9.17) is 5.73 Å². The molecule has 1 aromatic heterocycles. The fraction of sp³-hybridized carbons (Fsp3) is 0.529. The van der Waals surface area contributed by atoms with Crippen molar-refractivity contribution in [3.8, 4) is 0 Å². The van der Waals surface area contributed by atoms with E-state index < -0.39 is 0 Å². The minimum Gasteiger partial charge on any atom is -0.323 e. The van der Waals surface area contributed by atoms with Gasteiger partial charge in [-0.3, -0.25) is 0 Å². The highest BCUT2D eigenvalue weighted by Gasteiger charge is 2.29. The lowest BCUT2D eigenvalue weighted by molar-refractivity contribution is 0.187. The molecule has 3 heteroatoms. The Labute approximate surface area is 124 Å². The molecule has 4 atom stereocenters. The van der Waals surface area contributed by atoms with Gasteiger partial charge in [0.25, 0.3) is 0 Å². The van der Waals surface area contributed by atoms with Gasteiger partial charge in [-0.05, 0) is 54.2 Å². The maximum atomic E-state index is 13.3. The summed E-state index contributed by atoms with van der Waals surface area (Å²) < 4.78 is 14.3. The second-order valence-electron chi connectivity index (χ2n) is 6.38. The number of halogens is 1. The Morgan fingerprint density at radius 2 is 2.00 bits per heavy atom. The Balaban J connectivity index is 1.83. The topological polar surface area (TPSA) is 26.0 Å². The number of benzene rings is 1. The van der Waals surface area contributed by atoms with Crippen molar-refractivity contribution < 1.29 is 4.39 Å². The first-order chi connectivity index (χ1) is 9.54. The predicted molar refractivity (Wildman–Crippen MR) is 84.4 cm³/mol. The van der Waals surface area contributed by atoms with Crippen LogP contribution in [0.3, 0.4) is 0 Å². The fourth-order valence-corrected chi connectivity index (χ4v) is 4.52. The van der Waals surface area contributed by atoms with E-state index in [1.807, 2.05) is 6.07 Å². The van der Waals surface area contributed by atoms with Crippen LogP contribution in [-0.2, 0) is 0 Å². The lowest BCUT2D eigenvalue weighted by Gasteiger charge is -2.34. The molecular weight excluding hydrogens is 269 g/mol. The monoisotopic (exact) mass is 291 g/mol. The van der Waals surface area contributed by atoms with Crippen LogP contribution in [0.15, 0.2) is 24.3 Å². The van der Waals surface area contributed by atoms with Gasteiger partial charge in [0.2, 0.25) is 0 Å². The Kier molecular flexibility index (Phi) is 3.83. The number of rotatable bonds is 2. The molecular formula is C17H22FNS. The average molecular weight is 291 g/mol. The van der Waals surface area contributed by atoms with Crippen molar-refractivity contribution in [3.63, 3.8) is 0 Å². The summed E-state index contributed by atoms with van der Waals surface area (Å²) in [5.74, 6) is 1.97. The molecule has 1 aliphatic rings. The standard InChI is InChI=1S/C17H22FNS/c1-10-3-4-13(7-11(10)2)17(19)16-8-12-5-6-14(18)9-15(12)20-16/h5-6,8-11,13,17H,3-4,7,19H2,1-2H3. The van der Waals surface area contributed by atoms with Gasteiger partial charge in [-0.25, -0.2) is 4.39 Å². The molecule has 2 N–H and O–H groups in total. The van der Waals surface area contributed by atoms with E-state index in [-0.39, 0.29) is 11.9 Å². The number of thiophene rings is 1. The molecule has 1 saturated carbocycles. The van der Waals surface area contributed by atoms with Gasteiger partial charge in [0.1, 0.15) is 5.82 Å². The van der Waals surface area contributed by atoms with Crippen LogP contribution in [0.4, 0.5) is 4.39 Å². The zero-order valence-corrected chi connectivity index (χ0v) is 12.9. The van der Waals surface area contributed by atoms with Crippen LogP contribution in [-0.4, -0.2) is 0 Å². The van der Waals surface area contributed by atoms with Gasteiger partial charge in [-0.2, -0.15) is 0 Å². The third-order valence-electron chi connectivity index (χ3n) is 4.98. The Morgan fingerprint density at radius 1 is 1.20 bits per heavy atom. The van der Waals surface area contributed by atoms with E-state index in [2.05, 4.69) is 19.9 Å². The smallest absolute Gasteiger partial charge is 0.124 e. The summed E-state index contributed by atoms with van der Waals surface area (Å²) in [6.45, 7) is 4.68. The van der Waals surface area contributed by atoms with Crippen molar-refractivity contribution in [2.75, 3.05) is 0 Å². The van der Waals surface area contributed by atoms with Crippen molar-refractivity contribution in [1.29, 1.82) is 0 Å². The first-order valence-electron chi connectivity index (χ1n) is 7.49. The van der Waals surface area contributed by atoms with Crippen LogP contribution in [0.25, 0.3) is 10.1 Å². The van der Waals surface area contributed by atoms with E-state index >= 15 is 0 Å². The second-order valence-corrected chi connectivity index (χ2v) is 7.50. The minimum atomic E-state index is -0.167. The van der Waals surface area contributed by atoms with Gasteiger partial charge in [-0.15, -0.1) is 11.3 Å². The normalized spacial score (nSPS) is 28.7. The number of hydrogen-bond donors (Lipinski definition) is 1. The van der Waals surface area contributed by atoms with Crippen molar-refractivity contribution in [1.82, 2.24) is 0 Å². The highest BCUT2D eigenvalue weighted by atomic mass is 32.1. The van der Waals surface area contributed by atoms with Gasteiger partial charge in [-0.1, -0.05) is 26.3 Å². The van der Waals surface area contributed by atoms with Gasteiger partial charge in [0.05, 0.1) is 0 Å². The molecule has 1 aliphatic carbocycles. The van der Waals surface area contributed by atoms with Crippen LogP contribution in [0.1, 0.15) is 44.0 Å².